The van der Waals surface area contributed by atoms with Crippen LogP contribution in [-0.4, -0.2) is 74.1 Å². The maximum absolute atomic E-state index is 11.9. The highest BCUT2D eigenvalue weighted by Gasteiger charge is 2.37. The first-order chi connectivity index (χ1) is 8.13. The number of nitrogens with one attached hydrogen (secondary N) is 2. The maximum atomic E-state index is 11.9. The molecule has 1 amide bonds. The van der Waals surface area contributed by atoms with Crippen molar-refractivity contribution in [1.29, 1.82) is 0 Å². The number of hydrogen-bond donors (Lipinski definition) is 2. The number of hydrogen-bond acceptors (Lipinski definition) is 4. The van der Waals surface area contributed by atoms with Crippen LogP contribution in [0.25, 0.3) is 0 Å². The Hall–Kier alpha value is -0.650. The molecule has 17 heavy (non-hydrogen) atoms. The highest BCUT2D eigenvalue weighted by atomic mass is 16.2. The van der Waals surface area contributed by atoms with Crippen molar-refractivity contribution in [2.45, 2.75) is 31.5 Å². The molecule has 3 atom stereocenters. The van der Waals surface area contributed by atoms with Crippen molar-refractivity contribution in [1.82, 2.24) is 20.4 Å². The van der Waals surface area contributed by atoms with Crippen LogP contribution in [0, 0.1) is 0 Å². The summed E-state index contributed by atoms with van der Waals surface area (Å²) in [6.45, 7) is 6.07. The molecule has 0 bridgehead atoms. The molecule has 2 heterocycles. The Morgan fingerprint density at radius 1 is 1.47 bits per heavy atom. The number of carbonyl (C=O) groups is 1. The Bertz CT molecular complexity index is 274. The molecule has 0 aliphatic carbocycles. The predicted octanol–water partition coefficient (Wildman–Crippen LogP) is -0.901. The quantitative estimate of drug-likeness (QED) is 0.657. The van der Waals surface area contributed by atoms with E-state index < -0.39 is 0 Å². The van der Waals surface area contributed by atoms with Crippen molar-refractivity contribution in [2.75, 3.05) is 40.3 Å². The van der Waals surface area contributed by atoms with Gasteiger partial charge >= 0.3 is 0 Å². The van der Waals surface area contributed by atoms with Gasteiger partial charge in [-0.15, -0.1) is 0 Å². The van der Waals surface area contributed by atoms with Crippen molar-refractivity contribution in [2.24, 2.45) is 0 Å². The molecule has 2 rings (SSSR count). The molecule has 2 N–H and O–H groups in total. The highest BCUT2D eigenvalue weighted by molar-refractivity contribution is 5.81. The lowest BCUT2D eigenvalue weighted by Crippen LogP contribution is -2.60. The van der Waals surface area contributed by atoms with Gasteiger partial charge in [0.25, 0.3) is 0 Å². The van der Waals surface area contributed by atoms with Crippen molar-refractivity contribution in [3.8, 4) is 0 Å². The topological polar surface area (TPSA) is 47.6 Å². The second kappa shape index (κ2) is 5.33. The summed E-state index contributed by atoms with van der Waals surface area (Å²) in [6.07, 6.45) is 1.17. The maximum Gasteiger partial charge on any atom is 0.238 e. The summed E-state index contributed by atoms with van der Waals surface area (Å²) in [5.74, 6) is 0.138. The van der Waals surface area contributed by atoms with Gasteiger partial charge in [-0.3, -0.25) is 9.69 Å². The van der Waals surface area contributed by atoms with Crippen LogP contribution in [0.2, 0.25) is 0 Å². The van der Waals surface area contributed by atoms with Gasteiger partial charge in [-0.1, -0.05) is 0 Å². The molecule has 98 valence electrons. The van der Waals surface area contributed by atoms with E-state index in [9.17, 15) is 4.79 Å². The van der Waals surface area contributed by atoms with E-state index >= 15 is 0 Å². The fourth-order valence-electron chi connectivity index (χ4n) is 2.97. The van der Waals surface area contributed by atoms with E-state index in [2.05, 4.69) is 34.4 Å². The van der Waals surface area contributed by atoms with Gasteiger partial charge < -0.3 is 15.5 Å². The average molecular weight is 240 g/mol. The molecule has 0 aromatic rings. The van der Waals surface area contributed by atoms with Crippen LogP contribution >= 0.6 is 0 Å². The third-order valence-corrected chi connectivity index (χ3v) is 4.17. The average Bonchev–Trinajstić information content (AvgIpc) is 2.68. The Kier molecular flexibility index (Phi) is 4.01. The van der Waals surface area contributed by atoms with Gasteiger partial charge in [0, 0.05) is 45.3 Å². The first-order valence-electron chi connectivity index (χ1n) is 6.51. The van der Waals surface area contributed by atoms with E-state index in [1.807, 2.05) is 0 Å². The smallest absolute Gasteiger partial charge is 0.238 e. The van der Waals surface area contributed by atoms with Crippen molar-refractivity contribution in [3.05, 3.63) is 0 Å². The minimum Gasteiger partial charge on any atom is -0.358 e. The van der Waals surface area contributed by atoms with Crippen LogP contribution in [0.15, 0.2) is 0 Å². The van der Waals surface area contributed by atoms with Gasteiger partial charge in [-0.25, -0.2) is 0 Å². The van der Waals surface area contributed by atoms with Gasteiger partial charge in [0.2, 0.25) is 5.91 Å². The number of likely N-dealkylation sites (tertiary alicyclic amines) is 1. The number of piperazine rings is 1. The molecule has 0 radical (unpaired) electrons. The van der Waals surface area contributed by atoms with Crippen LogP contribution in [0.1, 0.15) is 13.3 Å². The standard InChI is InChI=1S/C12H24N4O/c1-9-6-10(8-15(9)3)16-5-4-14-7-11(16)12(17)13-2/h9-11,14H,4-8H2,1-3H3,(H,13,17). The van der Waals surface area contributed by atoms with Gasteiger partial charge in [-0.05, 0) is 20.4 Å². The molecular formula is C12H24N4O. The fourth-order valence-corrected chi connectivity index (χ4v) is 2.97. The minimum atomic E-state index is -0.00236. The number of likely N-dealkylation sites (N-methyl/N-ethyl adjacent to an activating group) is 2. The molecule has 2 aliphatic rings. The van der Waals surface area contributed by atoms with Gasteiger partial charge in [0.05, 0.1) is 0 Å². The fraction of sp³-hybridized carbons (Fsp3) is 0.917. The summed E-state index contributed by atoms with van der Waals surface area (Å²) in [5, 5.41) is 6.09. The summed E-state index contributed by atoms with van der Waals surface area (Å²) in [6, 6.07) is 1.15. The zero-order chi connectivity index (χ0) is 12.4. The third kappa shape index (κ3) is 2.61. The van der Waals surface area contributed by atoms with Crippen molar-refractivity contribution in [3.63, 3.8) is 0 Å². The predicted molar refractivity (Wildman–Crippen MR) is 67.9 cm³/mol. The molecule has 0 aromatic heterocycles. The first kappa shape index (κ1) is 12.8. The molecule has 2 fully saturated rings. The van der Waals surface area contributed by atoms with Crippen LogP contribution in [0.5, 0.6) is 0 Å². The minimum absolute atomic E-state index is 0.00236. The molecular weight excluding hydrogens is 216 g/mol. The molecule has 2 aliphatic heterocycles. The zero-order valence-corrected chi connectivity index (χ0v) is 11.1. The molecule has 2 saturated heterocycles. The van der Waals surface area contributed by atoms with Crippen LogP contribution in [0.3, 0.4) is 0 Å². The number of rotatable bonds is 2. The molecule has 5 nitrogen and oxygen atoms in total. The molecule has 0 spiro atoms. The normalized spacial score (nSPS) is 36.1. The monoisotopic (exact) mass is 240 g/mol. The zero-order valence-electron chi connectivity index (χ0n) is 11.1. The Labute approximate surface area is 104 Å². The van der Waals surface area contributed by atoms with E-state index in [0.717, 1.165) is 26.2 Å². The highest BCUT2D eigenvalue weighted by Crippen LogP contribution is 2.22. The molecule has 0 aromatic carbocycles. The summed E-state index contributed by atoms with van der Waals surface area (Å²) < 4.78 is 0. The van der Waals surface area contributed by atoms with Crippen LogP contribution in [-0.2, 0) is 4.79 Å². The lowest BCUT2D eigenvalue weighted by molar-refractivity contribution is -0.127. The van der Waals surface area contributed by atoms with Gasteiger partial charge in [-0.2, -0.15) is 0 Å². The van der Waals surface area contributed by atoms with Crippen LogP contribution < -0.4 is 10.6 Å². The summed E-state index contributed by atoms with van der Waals surface area (Å²) in [4.78, 5) is 16.7. The van der Waals surface area contributed by atoms with E-state index in [1.54, 1.807) is 7.05 Å². The Morgan fingerprint density at radius 2 is 2.24 bits per heavy atom. The van der Waals surface area contributed by atoms with E-state index in [4.69, 9.17) is 0 Å². The van der Waals surface area contributed by atoms with E-state index in [-0.39, 0.29) is 11.9 Å². The summed E-state index contributed by atoms with van der Waals surface area (Å²) >= 11 is 0. The molecule has 0 saturated carbocycles. The second-order valence-electron chi connectivity index (χ2n) is 5.25. The molecule has 3 unspecified atom stereocenters. The third-order valence-electron chi connectivity index (χ3n) is 4.17. The number of carbonyl (C=O) groups excluding carboxylic acids is 1. The van der Waals surface area contributed by atoms with Crippen LogP contribution in [0.4, 0.5) is 0 Å². The van der Waals surface area contributed by atoms with E-state index in [1.165, 1.54) is 6.42 Å². The SMILES string of the molecule is CNC(=O)C1CNCCN1C1CC(C)N(C)C1. The lowest BCUT2D eigenvalue weighted by Gasteiger charge is -2.38. The first-order valence-corrected chi connectivity index (χ1v) is 6.51. The Balaban J connectivity index is 2.04. The van der Waals surface area contributed by atoms with Gasteiger partial charge in [0.15, 0.2) is 0 Å². The summed E-state index contributed by atoms with van der Waals surface area (Å²) in [5.41, 5.74) is 0. The lowest BCUT2D eigenvalue weighted by atomic mass is 10.1. The van der Waals surface area contributed by atoms with E-state index in [0.29, 0.717) is 12.1 Å². The van der Waals surface area contributed by atoms with Crippen molar-refractivity contribution >= 4 is 5.91 Å². The number of nitrogens with zero attached hydrogens (tertiary/aromatic N) is 2. The van der Waals surface area contributed by atoms with Gasteiger partial charge in [0.1, 0.15) is 6.04 Å². The molecule has 5 heteroatoms. The second-order valence-corrected chi connectivity index (χ2v) is 5.25. The number of amides is 1. The van der Waals surface area contributed by atoms with Crippen molar-refractivity contribution < 1.29 is 4.79 Å². The Morgan fingerprint density at radius 3 is 2.82 bits per heavy atom. The largest absolute Gasteiger partial charge is 0.358 e. The summed E-state index contributed by atoms with van der Waals surface area (Å²) in [7, 11) is 3.89.